The molecule has 1 heterocycles. The highest BCUT2D eigenvalue weighted by Gasteiger charge is 2.08. The third-order valence-electron chi connectivity index (χ3n) is 2.80. The number of halogens is 1. The fourth-order valence-electron chi connectivity index (χ4n) is 1.67. The van der Waals surface area contributed by atoms with E-state index in [2.05, 4.69) is 18.8 Å². The molecule has 1 aromatic heterocycles. The first-order valence-corrected chi connectivity index (χ1v) is 6.59. The lowest BCUT2D eigenvalue weighted by molar-refractivity contribution is 0.226. The lowest BCUT2D eigenvalue weighted by Crippen LogP contribution is -2.12. The molecule has 0 saturated heterocycles. The van der Waals surface area contributed by atoms with Gasteiger partial charge in [0.1, 0.15) is 5.15 Å². The molecule has 0 saturated carbocycles. The topological polar surface area (TPSA) is 48.1 Å². The number of unbranched alkanes of at least 4 members (excludes halogenated alkanes) is 1. The van der Waals surface area contributed by atoms with Crippen LogP contribution in [0.25, 0.3) is 0 Å². The van der Waals surface area contributed by atoms with Crippen molar-refractivity contribution in [2.75, 3.05) is 12.3 Å². The molecule has 0 amide bonds. The molecular weight excluding hydrogens is 236 g/mol. The van der Waals surface area contributed by atoms with Crippen LogP contribution >= 0.6 is 11.6 Å². The lowest BCUT2D eigenvalue weighted by atomic mass is 10.0. The number of hydrogen-bond donors (Lipinski definition) is 1. The minimum absolute atomic E-state index is 0.376. The van der Waals surface area contributed by atoms with E-state index in [-0.39, 0.29) is 0 Å². The van der Waals surface area contributed by atoms with Crippen LogP contribution in [0.3, 0.4) is 0 Å². The van der Waals surface area contributed by atoms with Crippen LogP contribution in [-0.4, -0.2) is 11.6 Å². The first-order valence-electron chi connectivity index (χ1n) is 6.21. The fourth-order valence-corrected chi connectivity index (χ4v) is 1.88. The van der Waals surface area contributed by atoms with Gasteiger partial charge in [-0.05, 0) is 18.4 Å². The predicted octanol–water partition coefficient (Wildman–Crippen LogP) is 3.91. The molecule has 0 radical (unpaired) electrons. The van der Waals surface area contributed by atoms with Gasteiger partial charge in [-0.15, -0.1) is 0 Å². The number of rotatable bonds is 7. The molecule has 96 valence electrons. The van der Waals surface area contributed by atoms with Gasteiger partial charge in [-0.3, -0.25) is 0 Å². The number of nitrogens with zero attached hydrogens (tertiary/aromatic N) is 1. The molecule has 0 aliphatic heterocycles. The summed E-state index contributed by atoms with van der Waals surface area (Å²) in [6.45, 7) is 5.07. The van der Waals surface area contributed by atoms with Crippen molar-refractivity contribution >= 4 is 17.3 Å². The quantitative estimate of drug-likeness (QED) is 0.753. The van der Waals surface area contributed by atoms with Gasteiger partial charge in [-0.25, -0.2) is 4.98 Å². The number of anilines is 1. The highest BCUT2D eigenvalue weighted by atomic mass is 35.5. The van der Waals surface area contributed by atoms with Gasteiger partial charge in [-0.1, -0.05) is 44.7 Å². The maximum Gasteiger partial charge on any atom is 0.216 e. The molecule has 0 bridgehead atoms. The summed E-state index contributed by atoms with van der Waals surface area (Å²) in [6, 6.07) is 3.32. The molecule has 0 aliphatic carbocycles. The number of ether oxygens (including phenoxy) is 1. The second kappa shape index (κ2) is 7.38. The Morgan fingerprint density at radius 1 is 1.41 bits per heavy atom. The fraction of sp³-hybridized carbons (Fsp3) is 0.615. The summed E-state index contributed by atoms with van der Waals surface area (Å²) in [6.07, 6.45) is 4.78. The van der Waals surface area contributed by atoms with Gasteiger partial charge >= 0.3 is 0 Å². The van der Waals surface area contributed by atoms with E-state index >= 15 is 0 Å². The molecule has 4 heteroatoms. The van der Waals surface area contributed by atoms with Gasteiger partial charge in [0.25, 0.3) is 0 Å². The Kier molecular flexibility index (Phi) is 6.12. The molecule has 3 nitrogen and oxygen atoms in total. The van der Waals surface area contributed by atoms with Crippen molar-refractivity contribution in [3.8, 4) is 5.88 Å². The molecule has 1 rings (SSSR count). The molecule has 2 N–H and O–H groups in total. The minimum atomic E-state index is 0.376. The summed E-state index contributed by atoms with van der Waals surface area (Å²) < 4.78 is 5.64. The Bertz CT molecular complexity index is 324. The standard InChI is InChI=1S/C13H21ClN2O/c1-3-5-6-10(4-2)9-17-13-8-11(15)7-12(14)16-13/h7-8,10H,3-6,9H2,1-2H3,(H2,15,16). The highest BCUT2D eigenvalue weighted by Crippen LogP contribution is 2.20. The molecular formula is C13H21ClN2O. The molecule has 1 atom stereocenters. The zero-order valence-electron chi connectivity index (χ0n) is 10.6. The van der Waals surface area contributed by atoms with E-state index in [0.717, 1.165) is 6.42 Å². The summed E-state index contributed by atoms with van der Waals surface area (Å²) in [5.41, 5.74) is 6.26. The van der Waals surface area contributed by atoms with Crippen molar-refractivity contribution in [2.45, 2.75) is 39.5 Å². The smallest absolute Gasteiger partial charge is 0.216 e. The maximum absolute atomic E-state index is 5.81. The molecule has 1 unspecified atom stereocenters. The van der Waals surface area contributed by atoms with Crippen LogP contribution in [0.15, 0.2) is 12.1 Å². The van der Waals surface area contributed by atoms with Crippen molar-refractivity contribution in [3.05, 3.63) is 17.3 Å². The molecule has 0 spiro atoms. The molecule has 1 aromatic rings. The van der Waals surface area contributed by atoms with E-state index in [4.69, 9.17) is 22.1 Å². The van der Waals surface area contributed by atoms with Crippen LogP contribution in [0.5, 0.6) is 5.88 Å². The second-order valence-corrected chi connectivity index (χ2v) is 4.68. The van der Waals surface area contributed by atoms with Crippen LogP contribution in [0.1, 0.15) is 39.5 Å². The zero-order chi connectivity index (χ0) is 12.7. The second-order valence-electron chi connectivity index (χ2n) is 4.29. The van der Waals surface area contributed by atoms with Gasteiger partial charge in [0.2, 0.25) is 5.88 Å². The third-order valence-corrected chi connectivity index (χ3v) is 3.00. The largest absolute Gasteiger partial charge is 0.477 e. The first-order chi connectivity index (χ1) is 8.15. The first kappa shape index (κ1) is 14.1. The van der Waals surface area contributed by atoms with E-state index in [1.807, 2.05) is 0 Å². The summed E-state index contributed by atoms with van der Waals surface area (Å²) in [4.78, 5) is 4.08. The number of hydrogen-bond acceptors (Lipinski definition) is 3. The van der Waals surface area contributed by atoms with Crippen molar-refractivity contribution < 1.29 is 4.74 Å². The summed E-state index contributed by atoms with van der Waals surface area (Å²) in [5, 5.41) is 0.376. The van der Waals surface area contributed by atoms with Crippen molar-refractivity contribution in [1.82, 2.24) is 4.98 Å². The SMILES string of the molecule is CCCCC(CC)COc1cc(N)cc(Cl)n1. The Balaban J connectivity index is 2.47. The predicted molar refractivity (Wildman–Crippen MR) is 72.5 cm³/mol. The van der Waals surface area contributed by atoms with Crippen LogP contribution in [0, 0.1) is 5.92 Å². The summed E-state index contributed by atoms with van der Waals surface area (Å²) in [7, 11) is 0. The number of pyridine rings is 1. The third kappa shape index (κ3) is 5.26. The average Bonchev–Trinajstić information content (AvgIpc) is 2.28. The van der Waals surface area contributed by atoms with Gasteiger partial charge in [0.05, 0.1) is 6.61 Å². The Morgan fingerprint density at radius 2 is 2.18 bits per heavy atom. The Hall–Kier alpha value is -0.960. The number of nitrogens with two attached hydrogens (primary N) is 1. The summed E-state index contributed by atoms with van der Waals surface area (Å²) >= 11 is 5.81. The normalized spacial score (nSPS) is 12.4. The minimum Gasteiger partial charge on any atom is -0.477 e. The van der Waals surface area contributed by atoms with Gasteiger partial charge in [0.15, 0.2) is 0 Å². The van der Waals surface area contributed by atoms with E-state index in [0.29, 0.717) is 29.2 Å². The van der Waals surface area contributed by atoms with Gasteiger partial charge in [0, 0.05) is 11.8 Å². The van der Waals surface area contributed by atoms with Crippen molar-refractivity contribution in [1.29, 1.82) is 0 Å². The maximum atomic E-state index is 5.81. The van der Waals surface area contributed by atoms with E-state index in [1.54, 1.807) is 12.1 Å². The molecule has 0 fully saturated rings. The van der Waals surface area contributed by atoms with Crippen molar-refractivity contribution in [3.63, 3.8) is 0 Å². The zero-order valence-corrected chi connectivity index (χ0v) is 11.3. The molecule has 0 aromatic carbocycles. The van der Waals surface area contributed by atoms with Gasteiger partial charge in [-0.2, -0.15) is 0 Å². The average molecular weight is 257 g/mol. The van der Waals surface area contributed by atoms with Crippen LogP contribution < -0.4 is 10.5 Å². The Labute approximate surface area is 108 Å². The van der Waals surface area contributed by atoms with Crippen LogP contribution in [-0.2, 0) is 0 Å². The van der Waals surface area contributed by atoms with Crippen molar-refractivity contribution in [2.24, 2.45) is 5.92 Å². The van der Waals surface area contributed by atoms with E-state index in [1.165, 1.54) is 19.3 Å². The monoisotopic (exact) mass is 256 g/mol. The van der Waals surface area contributed by atoms with E-state index < -0.39 is 0 Å². The highest BCUT2D eigenvalue weighted by molar-refractivity contribution is 6.29. The lowest BCUT2D eigenvalue weighted by Gasteiger charge is -2.15. The van der Waals surface area contributed by atoms with Crippen LogP contribution in [0.4, 0.5) is 5.69 Å². The van der Waals surface area contributed by atoms with E-state index in [9.17, 15) is 0 Å². The molecule has 17 heavy (non-hydrogen) atoms. The number of nitrogen functional groups attached to an aromatic ring is 1. The summed E-state index contributed by atoms with van der Waals surface area (Å²) in [5.74, 6) is 1.10. The molecule has 0 aliphatic rings. The van der Waals surface area contributed by atoms with Gasteiger partial charge < -0.3 is 10.5 Å². The Morgan fingerprint density at radius 3 is 2.76 bits per heavy atom. The van der Waals surface area contributed by atoms with Crippen LogP contribution in [0.2, 0.25) is 5.15 Å². The number of aromatic nitrogens is 1.